The number of hydrogen-bond donors (Lipinski definition) is 1. The summed E-state index contributed by atoms with van der Waals surface area (Å²) in [6.45, 7) is 3.29. The second-order valence-electron chi connectivity index (χ2n) is 3.85. The van der Waals surface area contributed by atoms with Crippen LogP contribution in [0.3, 0.4) is 0 Å². The molecule has 0 radical (unpaired) electrons. The normalized spacial score (nSPS) is 12.6. The predicted octanol–water partition coefficient (Wildman–Crippen LogP) is 2.87. The van der Waals surface area contributed by atoms with Gasteiger partial charge in [-0.3, -0.25) is 4.79 Å². The molecule has 0 bridgehead atoms. The van der Waals surface area contributed by atoms with Gasteiger partial charge in [-0.05, 0) is 24.6 Å². The third kappa shape index (κ3) is 4.63. The standard InChI is InChI=1S/C14H18BrNO2/c1-3-4-9-16-10-13(14(17)18-2)11-5-7-12(15)8-6-11/h3-8,13,16H,9-10H2,1-2H3/b4-3+/t13-/m1/s1. The first kappa shape index (κ1) is 14.9. The van der Waals surface area contributed by atoms with Gasteiger partial charge in [0.1, 0.15) is 0 Å². The van der Waals surface area contributed by atoms with E-state index in [0.29, 0.717) is 6.54 Å². The molecule has 0 saturated heterocycles. The maximum Gasteiger partial charge on any atom is 0.314 e. The van der Waals surface area contributed by atoms with Crippen molar-refractivity contribution in [3.8, 4) is 0 Å². The van der Waals surface area contributed by atoms with Gasteiger partial charge in [0.25, 0.3) is 0 Å². The van der Waals surface area contributed by atoms with Crippen molar-refractivity contribution in [1.82, 2.24) is 5.32 Å². The molecule has 3 nitrogen and oxygen atoms in total. The number of halogens is 1. The topological polar surface area (TPSA) is 38.3 Å². The van der Waals surface area contributed by atoms with Crippen molar-refractivity contribution < 1.29 is 9.53 Å². The second kappa shape index (κ2) is 8.06. The fourth-order valence-electron chi connectivity index (χ4n) is 1.60. The highest BCUT2D eigenvalue weighted by molar-refractivity contribution is 9.10. The minimum Gasteiger partial charge on any atom is -0.469 e. The van der Waals surface area contributed by atoms with Gasteiger partial charge < -0.3 is 10.1 Å². The van der Waals surface area contributed by atoms with Crippen LogP contribution in [-0.2, 0) is 9.53 Å². The van der Waals surface area contributed by atoms with E-state index in [1.807, 2.05) is 43.3 Å². The number of esters is 1. The highest BCUT2D eigenvalue weighted by atomic mass is 79.9. The fraction of sp³-hybridized carbons (Fsp3) is 0.357. The fourth-order valence-corrected chi connectivity index (χ4v) is 1.87. The second-order valence-corrected chi connectivity index (χ2v) is 4.77. The molecule has 0 heterocycles. The summed E-state index contributed by atoms with van der Waals surface area (Å²) in [5, 5.41) is 3.22. The van der Waals surface area contributed by atoms with E-state index in [1.54, 1.807) is 0 Å². The summed E-state index contributed by atoms with van der Waals surface area (Å²) in [7, 11) is 1.42. The highest BCUT2D eigenvalue weighted by Crippen LogP contribution is 2.19. The van der Waals surface area contributed by atoms with Gasteiger partial charge in [0, 0.05) is 17.6 Å². The van der Waals surface area contributed by atoms with Gasteiger partial charge >= 0.3 is 5.97 Å². The van der Waals surface area contributed by atoms with Gasteiger partial charge in [0.05, 0.1) is 13.0 Å². The lowest BCUT2D eigenvalue weighted by Gasteiger charge is -2.15. The van der Waals surface area contributed by atoms with E-state index in [2.05, 4.69) is 21.2 Å². The molecule has 4 heteroatoms. The maximum absolute atomic E-state index is 11.8. The minimum absolute atomic E-state index is 0.217. The number of rotatable bonds is 6. The van der Waals surface area contributed by atoms with Crippen molar-refractivity contribution in [3.05, 3.63) is 46.5 Å². The molecule has 98 valence electrons. The molecule has 18 heavy (non-hydrogen) atoms. The number of methoxy groups -OCH3 is 1. The van der Waals surface area contributed by atoms with Crippen LogP contribution in [0, 0.1) is 0 Å². The Hall–Kier alpha value is -1.13. The molecule has 0 amide bonds. The average molecular weight is 312 g/mol. The number of carbonyl (C=O) groups is 1. The Labute approximate surface area is 116 Å². The maximum atomic E-state index is 11.8. The minimum atomic E-state index is -0.270. The van der Waals surface area contributed by atoms with Gasteiger partial charge in [-0.2, -0.15) is 0 Å². The third-order valence-corrected chi connectivity index (χ3v) is 3.13. The first-order valence-corrected chi connectivity index (χ1v) is 6.63. The van der Waals surface area contributed by atoms with Crippen molar-refractivity contribution in [2.45, 2.75) is 12.8 Å². The Balaban J connectivity index is 2.71. The summed E-state index contributed by atoms with van der Waals surface area (Å²) < 4.78 is 5.84. The number of nitrogens with one attached hydrogen (secondary N) is 1. The van der Waals surface area contributed by atoms with Crippen LogP contribution >= 0.6 is 15.9 Å². The zero-order valence-electron chi connectivity index (χ0n) is 10.7. The molecule has 0 fully saturated rings. The van der Waals surface area contributed by atoms with Crippen LogP contribution < -0.4 is 5.32 Å². The summed E-state index contributed by atoms with van der Waals surface area (Å²) in [5.74, 6) is -0.487. The Morgan fingerprint density at radius 1 is 1.44 bits per heavy atom. The van der Waals surface area contributed by atoms with Crippen LogP contribution in [-0.4, -0.2) is 26.2 Å². The van der Waals surface area contributed by atoms with E-state index in [1.165, 1.54) is 7.11 Å². The summed E-state index contributed by atoms with van der Waals surface area (Å²) in [6.07, 6.45) is 3.98. The van der Waals surface area contributed by atoms with Gasteiger partial charge in [-0.25, -0.2) is 0 Å². The lowest BCUT2D eigenvalue weighted by Crippen LogP contribution is -2.27. The van der Waals surface area contributed by atoms with Crippen molar-refractivity contribution in [1.29, 1.82) is 0 Å². The lowest BCUT2D eigenvalue weighted by atomic mass is 9.99. The van der Waals surface area contributed by atoms with Crippen LogP contribution in [0.2, 0.25) is 0 Å². The largest absolute Gasteiger partial charge is 0.469 e. The molecule has 0 saturated carbocycles. The van der Waals surface area contributed by atoms with E-state index < -0.39 is 0 Å². The van der Waals surface area contributed by atoms with E-state index >= 15 is 0 Å². The predicted molar refractivity (Wildman–Crippen MR) is 76.6 cm³/mol. The van der Waals surface area contributed by atoms with E-state index in [0.717, 1.165) is 16.6 Å². The van der Waals surface area contributed by atoms with Crippen LogP contribution in [0.1, 0.15) is 18.4 Å². The Morgan fingerprint density at radius 2 is 2.11 bits per heavy atom. The van der Waals surface area contributed by atoms with Gasteiger partial charge in [-0.15, -0.1) is 0 Å². The summed E-state index contributed by atoms with van der Waals surface area (Å²) in [4.78, 5) is 11.8. The SMILES string of the molecule is C/C=C/CNC[C@@H](C(=O)OC)c1ccc(Br)cc1. The van der Waals surface area contributed by atoms with E-state index in [4.69, 9.17) is 4.74 Å². The molecule has 1 aromatic carbocycles. The monoisotopic (exact) mass is 311 g/mol. The smallest absolute Gasteiger partial charge is 0.314 e. The van der Waals surface area contributed by atoms with Crippen molar-refractivity contribution >= 4 is 21.9 Å². The van der Waals surface area contributed by atoms with Crippen LogP contribution in [0.5, 0.6) is 0 Å². The molecule has 1 rings (SSSR count). The summed E-state index contributed by atoms with van der Waals surface area (Å²) in [5.41, 5.74) is 0.957. The van der Waals surface area contributed by atoms with Gasteiger partial charge in [-0.1, -0.05) is 40.2 Å². The molecule has 0 aliphatic heterocycles. The molecular formula is C14H18BrNO2. The van der Waals surface area contributed by atoms with Gasteiger partial charge in [0.15, 0.2) is 0 Å². The summed E-state index contributed by atoms with van der Waals surface area (Å²) >= 11 is 3.38. The number of hydrogen-bond acceptors (Lipinski definition) is 3. The van der Waals surface area contributed by atoms with E-state index in [-0.39, 0.29) is 11.9 Å². The molecule has 0 unspecified atom stereocenters. The first-order chi connectivity index (χ1) is 8.69. The number of benzene rings is 1. The van der Waals surface area contributed by atoms with E-state index in [9.17, 15) is 4.79 Å². The van der Waals surface area contributed by atoms with Crippen LogP contribution in [0.4, 0.5) is 0 Å². The zero-order valence-corrected chi connectivity index (χ0v) is 12.2. The van der Waals surface area contributed by atoms with Crippen molar-refractivity contribution in [2.75, 3.05) is 20.2 Å². The number of allylic oxidation sites excluding steroid dienone is 1. The molecule has 0 aliphatic rings. The summed E-state index contributed by atoms with van der Waals surface area (Å²) in [6, 6.07) is 7.72. The molecule has 1 atom stereocenters. The average Bonchev–Trinajstić information content (AvgIpc) is 2.39. The zero-order chi connectivity index (χ0) is 13.4. The van der Waals surface area contributed by atoms with Crippen molar-refractivity contribution in [2.24, 2.45) is 0 Å². The van der Waals surface area contributed by atoms with Gasteiger partial charge in [0.2, 0.25) is 0 Å². The molecule has 1 aromatic rings. The quantitative estimate of drug-likeness (QED) is 0.499. The first-order valence-electron chi connectivity index (χ1n) is 5.84. The molecule has 0 aromatic heterocycles. The Kier molecular flexibility index (Phi) is 6.68. The molecule has 0 aliphatic carbocycles. The lowest BCUT2D eigenvalue weighted by molar-refractivity contribution is -0.142. The number of carbonyl (C=O) groups excluding carboxylic acids is 1. The Bertz CT molecular complexity index is 401. The highest BCUT2D eigenvalue weighted by Gasteiger charge is 2.20. The molecular weight excluding hydrogens is 294 g/mol. The van der Waals surface area contributed by atoms with Crippen LogP contribution in [0.25, 0.3) is 0 Å². The Morgan fingerprint density at radius 3 is 2.67 bits per heavy atom. The third-order valence-electron chi connectivity index (χ3n) is 2.60. The molecule has 0 spiro atoms. The van der Waals surface area contributed by atoms with Crippen LogP contribution in [0.15, 0.2) is 40.9 Å². The number of ether oxygens (including phenoxy) is 1. The van der Waals surface area contributed by atoms with Crippen molar-refractivity contribution in [3.63, 3.8) is 0 Å². The molecule has 1 N–H and O–H groups in total.